The topological polar surface area (TPSA) is 37.9 Å². The minimum Gasteiger partial charge on any atom is -0.488 e. The van der Waals surface area contributed by atoms with Crippen molar-refractivity contribution in [3.8, 4) is 28.1 Å². The van der Waals surface area contributed by atoms with Crippen LogP contribution in [0.3, 0.4) is 0 Å². The molecule has 1 N–H and O–H groups in total. The van der Waals surface area contributed by atoms with E-state index in [1.807, 2.05) is 12.3 Å². The Kier molecular flexibility index (Phi) is 3.66. The van der Waals surface area contributed by atoms with E-state index in [0.29, 0.717) is 12.5 Å². The third kappa shape index (κ3) is 2.69. The normalized spacial score (nSPS) is 16.4. The molecule has 0 radical (unpaired) electrons. The summed E-state index contributed by atoms with van der Waals surface area (Å²) in [5.41, 5.74) is 5.93. The number of aromatic amines is 1. The Hall–Kier alpha value is -2.07. The van der Waals surface area contributed by atoms with E-state index in [2.05, 4.69) is 56.2 Å². The molecule has 0 atom stereocenters. The summed E-state index contributed by atoms with van der Waals surface area (Å²) < 4.78 is 7.00. The highest BCUT2D eigenvalue weighted by Gasteiger charge is 2.21. The standard InChI is InChI=1S/C21H19BrN2O/c22-16-6-8-18-17-7-5-14(9-15(17)12-25-20(18)10-16)19-11-23-21(24-19)13-3-1-2-4-13/h5-11,13H,1-4,12H2,(H,23,24). The van der Waals surface area contributed by atoms with Crippen LogP contribution in [0.25, 0.3) is 22.4 Å². The van der Waals surface area contributed by atoms with Crippen LogP contribution in [0.4, 0.5) is 0 Å². The summed E-state index contributed by atoms with van der Waals surface area (Å²) in [6, 6.07) is 12.8. The van der Waals surface area contributed by atoms with Crippen LogP contribution in [0.15, 0.2) is 47.1 Å². The van der Waals surface area contributed by atoms with E-state index < -0.39 is 0 Å². The average molecular weight is 395 g/mol. The predicted molar refractivity (Wildman–Crippen MR) is 103 cm³/mol. The number of rotatable bonds is 2. The third-order valence-electron chi connectivity index (χ3n) is 5.37. The molecule has 126 valence electrons. The second kappa shape index (κ2) is 6.03. The first kappa shape index (κ1) is 15.2. The Balaban J connectivity index is 1.50. The van der Waals surface area contributed by atoms with E-state index in [9.17, 15) is 0 Å². The van der Waals surface area contributed by atoms with Crippen LogP contribution in [0.2, 0.25) is 0 Å². The number of nitrogens with zero attached hydrogens (tertiary/aromatic N) is 1. The Morgan fingerprint density at radius 3 is 2.76 bits per heavy atom. The fraction of sp³-hybridized carbons (Fsp3) is 0.286. The lowest BCUT2D eigenvalue weighted by Crippen LogP contribution is -2.05. The van der Waals surface area contributed by atoms with Gasteiger partial charge in [-0.3, -0.25) is 0 Å². The molecular formula is C21H19BrN2O. The van der Waals surface area contributed by atoms with Crippen molar-refractivity contribution in [2.75, 3.05) is 0 Å². The molecule has 1 aliphatic heterocycles. The molecule has 1 aliphatic carbocycles. The molecule has 0 bridgehead atoms. The van der Waals surface area contributed by atoms with Gasteiger partial charge in [0.15, 0.2) is 0 Å². The van der Waals surface area contributed by atoms with Gasteiger partial charge in [-0.05, 0) is 53.8 Å². The van der Waals surface area contributed by atoms with Crippen LogP contribution in [-0.2, 0) is 6.61 Å². The van der Waals surface area contributed by atoms with E-state index >= 15 is 0 Å². The van der Waals surface area contributed by atoms with Crippen molar-refractivity contribution in [3.05, 3.63) is 58.5 Å². The number of hydrogen-bond donors (Lipinski definition) is 1. The summed E-state index contributed by atoms with van der Waals surface area (Å²) in [5, 5.41) is 0. The zero-order valence-electron chi connectivity index (χ0n) is 13.9. The molecule has 1 aromatic heterocycles. The van der Waals surface area contributed by atoms with E-state index in [4.69, 9.17) is 4.74 Å². The van der Waals surface area contributed by atoms with Crippen LogP contribution in [-0.4, -0.2) is 9.97 Å². The van der Waals surface area contributed by atoms with E-state index in [1.165, 1.54) is 42.4 Å². The number of H-pyrrole nitrogens is 1. The number of aromatic nitrogens is 2. The van der Waals surface area contributed by atoms with Crippen LogP contribution in [0.1, 0.15) is 43.0 Å². The van der Waals surface area contributed by atoms with Crippen LogP contribution >= 0.6 is 15.9 Å². The molecule has 3 aromatic rings. The van der Waals surface area contributed by atoms with Gasteiger partial charge >= 0.3 is 0 Å². The molecule has 0 spiro atoms. The number of benzene rings is 2. The molecule has 0 unspecified atom stereocenters. The molecule has 2 aromatic carbocycles. The number of halogens is 1. The molecule has 2 heterocycles. The zero-order chi connectivity index (χ0) is 16.8. The van der Waals surface area contributed by atoms with Crippen molar-refractivity contribution in [2.45, 2.75) is 38.2 Å². The number of ether oxygens (including phenoxy) is 1. The van der Waals surface area contributed by atoms with Gasteiger partial charge in [-0.1, -0.05) is 40.9 Å². The Labute approximate surface area is 155 Å². The van der Waals surface area contributed by atoms with E-state index in [-0.39, 0.29) is 0 Å². The maximum atomic E-state index is 5.95. The first-order chi connectivity index (χ1) is 12.3. The molecule has 3 nitrogen and oxygen atoms in total. The van der Waals surface area contributed by atoms with Crippen molar-refractivity contribution in [1.29, 1.82) is 0 Å². The van der Waals surface area contributed by atoms with Gasteiger partial charge < -0.3 is 9.72 Å². The second-order valence-corrected chi connectivity index (χ2v) is 7.88. The van der Waals surface area contributed by atoms with Crippen molar-refractivity contribution in [3.63, 3.8) is 0 Å². The molecule has 2 aliphatic rings. The Bertz CT molecular complexity index is 941. The maximum absolute atomic E-state index is 5.95. The number of hydrogen-bond acceptors (Lipinski definition) is 2. The number of imidazole rings is 1. The fourth-order valence-corrected chi connectivity index (χ4v) is 4.37. The summed E-state index contributed by atoms with van der Waals surface area (Å²) >= 11 is 3.51. The van der Waals surface area contributed by atoms with Gasteiger partial charge in [-0.25, -0.2) is 4.98 Å². The molecule has 0 amide bonds. The minimum atomic E-state index is 0.607. The summed E-state index contributed by atoms with van der Waals surface area (Å²) in [6.07, 6.45) is 7.15. The zero-order valence-corrected chi connectivity index (χ0v) is 15.5. The van der Waals surface area contributed by atoms with E-state index in [1.54, 1.807) is 0 Å². The van der Waals surface area contributed by atoms with Crippen LogP contribution in [0.5, 0.6) is 5.75 Å². The summed E-state index contributed by atoms with van der Waals surface area (Å²) in [5.74, 6) is 2.70. The lowest BCUT2D eigenvalue weighted by atomic mass is 9.95. The number of fused-ring (bicyclic) bond motifs is 3. The lowest BCUT2D eigenvalue weighted by Gasteiger charge is -2.21. The molecular weight excluding hydrogens is 376 g/mol. The molecule has 4 heteroatoms. The molecule has 1 saturated carbocycles. The third-order valence-corrected chi connectivity index (χ3v) is 5.86. The summed E-state index contributed by atoms with van der Waals surface area (Å²) in [6.45, 7) is 0.607. The van der Waals surface area contributed by atoms with Gasteiger partial charge in [0.05, 0.1) is 11.9 Å². The highest BCUT2D eigenvalue weighted by atomic mass is 79.9. The largest absolute Gasteiger partial charge is 0.488 e. The molecule has 5 rings (SSSR count). The van der Waals surface area contributed by atoms with Crippen LogP contribution < -0.4 is 4.74 Å². The fourth-order valence-electron chi connectivity index (χ4n) is 4.03. The quantitative estimate of drug-likeness (QED) is 0.573. The van der Waals surface area contributed by atoms with Crippen molar-refractivity contribution >= 4 is 15.9 Å². The van der Waals surface area contributed by atoms with E-state index in [0.717, 1.165) is 27.3 Å². The lowest BCUT2D eigenvalue weighted by molar-refractivity contribution is 0.302. The number of nitrogens with one attached hydrogen (secondary N) is 1. The molecule has 25 heavy (non-hydrogen) atoms. The molecule has 0 saturated heterocycles. The summed E-state index contributed by atoms with van der Waals surface area (Å²) in [7, 11) is 0. The average Bonchev–Trinajstić information content (AvgIpc) is 3.32. The van der Waals surface area contributed by atoms with Crippen molar-refractivity contribution < 1.29 is 4.74 Å². The smallest absolute Gasteiger partial charge is 0.128 e. The first-order valence-electron chi connectivity index (χ1n) is 8.89. The van der Waals surface area contributed by atoms with Crippen LogP contribution in [0, 0.1) is 0 Å². The van der Waals surface area contributed by atoms with Gasteiger partial charge in [-0.2, -0.15) is 0 Å². The SMILES string of the molecule is Brc1ccc2c(c1)OCc1cc(-c3cnc(C4CCCC4)[nH]3)ccc1-2. The summed E-state index contributed by atoms with van der Waals surface area (Å²) in [4.78, 5) is 8.19. The monoisotopic (exact) mass is 394 g/mol. The van der Waals surface area contributed by atoms with Crippen molar-refractivity contribution in [1.82, 2.24) is 9.97 Å². The van der Waals surface area contributed by atoms with Gasteiger partial charge in [0, 0.05) is 16.0 Å². The van der Waals surface area contributed by atoms with Gasteiger partial charge in [-0.15, -0.1) is 0 Å². The highest BCUT2D eigenvalue weighted by molar-refractivity contribution is 9.10. The van der Waals surface area contributed by atoms with Gasteiger partial charge in [0.1, 0.15) is 18.2 Å². The second-order valence-electron chi connectivity index (χ2n) is 6.96. The maximum Gasteiger partial charge on any atom is 0.128 e. The first-order valence-corrected chi connectivity index (χ1v) is 9.68. The highest BCUT2D eigenvalue weighted by Crippen LogP contribution is 2.40. The Morgan fingerprint density at radius 1 is 1.04 bits per heavy atom. The molecule has 1 fully saturated rings. The minimum absolute atomic E-state index is 0.607. The predicted octanol–water partition coefficient (Wildman–Crippen LogP) is 6.06. The van der Waals surface area contributed by atoms with Crippen molar-refractivity contribution in [2.24, 2.45) is 0 Å². The van der Waals surface area contributed by atoms with Gasteiger partial charge in [0.25, 0.3) is 0 Å². The van der Waals surface area contributed by atoms with Gasteiger partial charge in [0.2, 0.25) is 0 Å². The Morgan fingerprint density at radius 2 is 1.88 bits per heavy atom.